The van der Waals surface area contributed by atoms with E-state index in [0.29, 0.717) is 3.88 Å². The van der Waals surface area contributed by atoms with Crippen molar-refractivity contribution in [3.63, 3.8) is 0 Å². The van der Waals surface area contributed by atoms with Crippen LogP contribution >= 0.6 is 0 Å². The minimum atomic E-state index is -0.479. The van der Waals surface area contributed by atoms with Gasteiger partial charge in [0.1, 0.15) is 0 Å². The van der Waals surface area contributed by atoms with Gasteiger partial charge in [-0.3, -0.25) is 0 Å². The van der Waals surface area contributed by atoms with Crippen LogP contribution in [-0.4, -0.2) is 52.5 Å². The molecule has 0 aliphatic carbocycles. The molecule has 2 aliphatic heterocycles. The minimum absolute atomic E-state index is 0.0691. The Labute approximate surface area is 199 Å². The zero-order valence-electron chi connectivity index (χ0n) is 16.9. The van der Waals surface area contributed by atoms with E-state index in [9.17, 15) is 9.59 Å². The van der Waals surface area contributed by atoms with Crippen molar-refractivity contribution in [1.29, 1.82) is 0 Å². The van der Waals surface area contributed by atoms with Crippen molar-refractivity contribution in [2.75, 3.05) is 4.90 Å². The molecule has 0 fully saturated rings. The van der Waals surface area contributed by atoms with Crippen LogP contribution in [0.15, 0.2) is 71.2 Å². The second-order valence-corrected chi connectivity index (χ2v) is 11.2. The number of fused-ring (bicyclic) bond motifs is 2. The van der Waals surface area contributed by atoms with E-state index >= 15 is 0 Å². The van der Waals surface area contributed by atoms with Crippen molar-refractivity contribution in [3.8, 4) is 0 Å². The van der Waals surface area contributed by atoms with Crippen LogP contribution in [0.4, 0.5) is 15.9 Å². The second-order valence-electron chi connectivity index (χ2n) is 7.91. The topological polar surface area (TPSA) is 61.8 Å². The van der Waals surface area contributed by atoms with Gasteiger partial charge in [0.2, 0.25) is 0 Å². The number of anilines is 3. The van der Waals surface area contributed by atoms with Gasteiger partial charge in [0.05, 0.1) is 0 Å². The number of hydrogen-bond acceptors (Lipinski definition) is 3. The fourth-order valence-electron chi connectivity index (χ4n) is 4.08. The first kappa shape index (κ1) is 20.5. The van der Waals surface area contributed by atoms with E-state index in [-0.39, 0.29) is 31.4 Å². The number of amidine groups is 1. The Morgan fingerprint density at radius 2 is 1.74 bits per heavy atom. The van der Waals surface area contributed by atoms with E-state index in [1.807, 2.05) is 18.2 Å². The van der Waals surface area contributed by atoms with Crippen LogP contribution in [-0.2, 0) is 15.0 Å². The van der Waals surface area contributed by atoms with Gasteiger partial charge in [-0.1, -0.05) is 0 Å². The van der Waals surface area contributed by atoms with E-state index in [1.165, 1.54) is 43.7 Å². The molecule has 0 spiro atoms. The number of carbonyl (C=O) groups excluding carboxylic acids is 2. The Morgan fingerprint density at radius 3 is 2.48 bits per heavy atom. The molecule has 5 nitrogen and oxygen atoms in total. The molecule has 1 radical (unpaired) electrons. The van der Waals surface area contributed by atoms with Crippen molar-refractivity contribution in [2.24, 2.45) is 4.99 Å². The van der Waals surface area contributed by atoms with Crippen LogP contribution in [0.1, 0.15) is 29.4 Å². The average Bonchev–Trinajstić information content (AvgIpc) is 3.16. The summed E-state index contributed by atoms with van der Waals surface area (Å²) < 4.78 is 2.57. The Morgan fingerprint density at radius 1 is 1.03 bits per heavy atom. The summed E-state index contributed by atoms with van der Waals surface area (Å²) in [4.78, 5) is 31.0. The maximum absolute atomic E-state index is 12.4. The fraction of sp³-hybridized carbons (Fsp3) is 0.125. The second kappa shape index (κ2) is 7.62. The molecule has 0 saturated carbocycles. The van der Waals surface area contributed by atoms with Crippen LogP contribution in [0.25, 0.3) is 6.08 Å². The standard InChI is InChI=1S/C24H18N3O2SeTe/c1-24(2)17-10-6-7-11-19(17)27(14-8-4-3-5-9-14)22-18(24)13-15(30-22)12-16-20(28)25-23(31)26-21(16)29/h3-13H,1-2H3,(H,25,26,28,29). The van der Waals surface area contributed by atoms with Crippen molar-refractivity contribution in [2.45, 2.75) is 19.3 Å². The fourth-order valence-corrected chi connectivity index (χ4v) is 7.30. The molecule has 0 bridgehead atoms. The molecule has 2 aromatic carbocycles. The predicted molar refractivity (Wildman–Crippen MR) is 125 cm³/mol. The number of para-hydroxylation sites is 2. The number of carbonyl (C=O) groups is 2. The molecule has 7 heteroatoms. The maximum atomic E-state index is 12.4. The van der Waals surface area contributed by atoms with Crippen LogP contribution in [0.5, 0.6) is 0 Å². The van der Waals surface area contributed by atoms with E-state index in [0.717, 1.165) is 10.1 Å². The third-order valence-corrected chi connectivity index (χ3v) is 8.42. The number of amides is 2. The molecule has 2 amide bonds. The molecule has 1 aromatic heterocycles. The molecule has 1 N–H and O–H groups in total. The first-order valence-electron chi connectivity index (χ1n) is 9.78. The van der Waals surface area contributed by atoms with E-state index in [1.54, 1.807) is 6.08 Å². The summed E-state index contributed by atoms with van der Waals surface area (Å²) in [6, 6.07) is 21.0. The van der Waals surface area contributed by atoms with Crippen LogP contribution in [0.3, 0.4) is 0 Å². The summed E-state index contributed by atoms with van der Waals surface area (Å²) in [7, 11) is 0. The molecule has 5 rings (SSSR count). The number of benzene rings is 2. The summed E-state index contributed by atoms with van der Waals surface area (Å²) in [5.41, 5.74) is 4.67. The molecule has 0 saturated heterocycles. The average molecular weight is 587 g/mol. The number of rotatable bonds is 2. The van der Waals surface area contributed by atoms with Gasteiger partial charge in [-0.05, 0) is 0 Å². The monoisotopic (exact) mass is 590 g/mol. The van der Waals surface area contributed by atoms with Gasteiger partial charge < -0.3 is 0 Å². The number of nitrogens with zero attached hydrogens (tertiary/aromatic N) is 2. The summed E-state index contributed by atoms with van der Waals surface area (Å²) >= 11 is 1.47. The third kappa shape index (κ3) is 3.43. The van der Waals surface area contributed by atoms with Crippen molar-refractivity contribution in [1.82, 2.24) is 5.32 Å². The zero-order valence-corrected chi connectivity index (χ0v) is 20.9. The Hall–Kier alpha value is -2.42. The third-order valence-electron chi connectivity index (χ3n) is 5.63. The Kier molecular flexibility index (Phi) is 5.03. The van der Waals surface area contributed by atoms with Gasteiger partial charge in [0.15, 0.2) is 0 Å². The zero-order chi connectivity index (χ0) is 21.8. The molecule has 3 aromatic rings. The van der Waals surface area contributed by atoms with Gasteiger partial charge in [-0.25, -0.2) is 0 Å². The summed E-state index contributed by atoms with van der Waals surface area (Å²) in [5.74, 6) is -0.864. The van der Waals surface area contributed by atoms with Crippen LogP contribution in [0.2, 0.25) is 0 Å². The normalized spacial score (nSPS) is 18.3. The van der Waals surface area contributed by atoms with Crippen molar-refractivity contribution < 1.29 is 9.59 Å². The van der Waals surface area contributed by atoms with Gasteiger partial charge in [0.25, 0.3) is 0 Å². The molecule has 2 aliphatic rings. The van der Waals surface area contributed by atoms with Gasteiger partial charge in [0, 0.05) is 0 Å². The number of nitrogens with one attached hydrogen (secondary N) is 1. The van der Waals surface area contributed by atoms with Gasteiger partial charge in [-0.2, -0.15) is 0 Å². The van der Waals surface area contributed by atoms with E-state index in [2.05, 4.69) is 71.5 Å². The van der Waals surface area contributed by atoms with E-state index in [4.69, 9.17) is 0 Å². The molecule has 3 heterocycles. The number of hydrogen-bond donors (Lipinski definition) is 1. The predicted octanol–water partition coefficient (Wildman–Crippen LogP) is 3.42. The Bertz CT molecular complexity index is 1290. The number of aliphatic imine (C=N–C) groups is 1. The summed E-state index contributed by atoms with van der Waals surface area (Å²) in [6.07, 6.45) is 1.72. The quantitative estimate of drug-likeness (QED) is 0.285. The van der Waals surface area contributed by atoms with E-state index < -0.39 is 5.91 Å². The molecule has 153 valence electrons. The molecular weight excluding hydrogens is 569 g/mol. The molecule has 31 heavy (non-hydrogen) atoms. The Balaban J connectivity index is 1.70. The van der Waals surface area contributed by atoms with Crippen LogP contribution in [0, 0.1) is 0 Å². The SMILES string of the molecule is CC1(C)c2ccccc2N(c2ccccc2)c2[se]c(/C=C3/C(=O)N=C([Te])NC3=O)cc21. The molecular formula is C24H18N3O2SeTe. The molecule has 0 atom stereocenters. The van der Waals surface area contributed by atoms with Gasteiger partial charge >= 0.3 is 200 Å². The summed E-state index contributed by atoms with van der Waals surface area (Å²) in [6.45, 7) is 4.47. The van der Waals surface area contributed by atoms with Crippen molar-refractivity contribution in [3.05, 3.63) is 81.8 Å². The first-order chi connectivity index (χ1) is 14.9. The summed E-state index contributed by atoms with van der Waals surface area (Å²) in [5, 5.41) is 2.64. The molecule has 0 unspecified atom stereocenters. The van der Waals surface area contributed by atoms with Gasteiger partial charge in [-0.15, -0.1) is 0 Å². The van der Waals surface area contributed by atoms with Crippen LogP contribution < -0.4 is 10.2 Å². The van der Waals surface area contributed by atoms with Crippen molar-refractivity contribution >= 4 is 74.5 Å². The first-order valence-corrected chi connectivity index (χ1v) is 12.7.